The van der Waals surface area contributed by atoms with E-state index in [0.717, 1.165) is 0 Å². The van der Waals surface area contributed by atoms with Crippen LogP contribution < -0.4 is 0 Å². The quantitative estimate of drug-likeness (QED) is 0.731. The third kappa shape index (κ3) is 3.15. The Hall–Kier alpha value is 0.600. The van der Waals surface area contributed by atoms with E-state index in [-0.39, 0.29) is 12.1 Å². The lowest BCUT2D eigenvalue weighted by atomic mass is 10.3. The van der Waals surface area contributed by atoms with Crippen LogP contribution in [0.3, 0.4) is 0 Å². The van der Waals surface area contributed by atoms with Crippen LogP contribution in [0.5, 0.6) is 0 Å². The average Bonchev–Trinajstić information content (AvgIpc) is 1.84. The Morgan fingerprint density at radius 3 is 1.67 bits per heavy atom. The molecular weight excluding hydrogens is 197 g/mol. The number of hydrogen-bond donors (Lipinski definition) is 1. The summed E-state index contributed by atoms with van der Waals surface area (Å²) in [7, 11) is -1.41. The summed E-state index contributed by atoms with van der Waals surface area (Å²) in [5.41, 5.74) is 0. The molecule has 0 heterocycles. The number of rotatable bonds is 4. The molecule has 3 nitrogen and oxygen atoms in total. The summed E-state index contributed by atoms with van der Waals surface area (Å²) in [6, 6.07) is 0.363. The van der Waals surface area contributed by atoms with Gasteiger partial charge >= 0.3 is 7.22 Å². The van der Waals surface area contributed by atoms with Crippen LogP contribution in [-0.2, 0) is 4.52 Å². The summed E-state index contributed by atoms with van der Waals surface area (Å²) in [6.07, 6.45) is 0. The standard InChI is InChI=1S/C7H18ClNO2P/c1-6(2)9(7(3)4)12(8,10)11-5/h6-7,10H,1-5H3/q+1. The van der Waals surface area contributed by atoms with Crippen LogP contribution in [-0.4, -0.2) is 28.8 Å². The molecule has 1 unspecified atom stereocenters. The van der Waals surface area contributed by atoms with Gasteiger partial charge < -0.3 is 0 Å². The highest BCUT2D eigenvalue weighted by Crippen LogP contribution is 2.65. The van der Waals surface area contributed by atoms with Crippen molar-refractivity contribution in [2.45, 2.75) is 39.8 Å². The summed E-state index contributed by atoms with van der Waals surface area (Å²) in [4.78, 5) is 9.70. The summed E-state index contributed by atoms with van der Waals surface area (Å²) in [5.74, 6) is 0. The number of hydrogen-bond acceptors (Lipinski definition) is 3. The van der Waals surface area contributed by atoms with E-state index < -0.39 is 7.22 Å². The van der Waals surface area contributed by atoms with Crippen molar-refractivity contribution in [3.63, 3.8) is 0 Å². The van der Waals surface area contributed by atoms with Crippen LogP contribution in [0.25, 0.3) is 0 Å². The van der Waals surface area contributed by atoms with Gasteiger partial charge in [-0.2, -0.15) is 9.42 Å². The van der Waals surface area contributed by atoms with Gasteiger partial charge in [-0.25, -0.2) is 0 Å². The van der Waals surface area contributed by atoms with Crippen molar-refractivity contribution < 1.29 is 9.42 Å². The molecule has 1 N–H and O–H groups in total. The van der Waals surface area contributed by atoms with E-state index >= 15 is 0 Å². The molecule has 0 rings (SSSR count). The first-order valence-corrected chi connectivity index (χ1v) is 6.50. The third-order valence-electron chi connectivity index (χ3n) is 1.58. The van der Waals surface area contributed by atoms with E-state index in [1.54, 1.807) is 4.67 Å². The van der Waals surface area contributed by atoms with Crippen LogP contribution in [0.2, 0.25) is 0 Å². The Kier molecular flexibility index (Phi) is 4.97. The van der Waals surface area contributed by atoms with Gasteiger partial charge in [-0.3, -0.25) is 0 Å². The lowest BCUT2D eigenvalue weighted by Crippen LogP contribution is -2.35. The minimum atomic E-state index is -2.84. The molecule has 0 aliphatic rings. The Labute approximate surface area is 80.0 Å². The molecule has 5 heteroatoms. The zero-order valence-electron chi connectivity index (χ0n) is 8.28. The maximum atomic E-state index is 9.70. The minimum Gasteiger partial charge on any atom is -0.188 e. The van der Waals surface area contributed by atoms with Crippen LogP contribution in [0.1, 0.15) is 27.7 Å². The van der Waals surface area contributed by atoms with E-state index in [2.05, 4.69) is 0 Å². The second-order valence-electron chi connectivity index (χ2n) is 3.22. The molecule has 12 heavy (non-hydrogen) atoms. The molecule has 0 aromatic carbocycles. The predicted octanol–water partition coefficient (Wildman–Crippen LogP) is 2.66. The first kappa shape index (κ1) is 12.6. The fourth-order valence-electron chi connectivity index (χ4n) is 1.26. The van der Waals surface area contributed by atoms with Gasteiger partial charge in [0, 0.05) is 12.1 Å². The molecule has 1 atom stereocenters. The third-order valence-corrected chi connectivity index (χ3v) is 4.47. The van der Waals surface area contributed by atoms with Gasteiger partial charge in [-0.15, -0.1) is 4.67 Å². The summed E-state index contributed by atoms with van der Waals surface area (Å²) < 4.78 is 6.67. The second kappa shape index (κ2) is 4.73. The molecule has 0 aliphatic carbocycles. The normalized spacial score (nSPS) is 17.5. The highest BCUT2D eigenvalue weighted by molar-refractivity contribution is 7.88. The first-order valence-electron chi connectivity index (χ1n) is 3.99. The van der Waals surface area contributed by atoms with Crippen molar-refractivity contribution in [1.82, 2.24) is 4.67 Å². The van der Waals surface area contributed by atoms with Crippen LogP contribution in [0.15, 0.2) is 0 Å². The Morgan fingerprint density at radius 1 is 1.25 bits per heavy atom. The molecule has 0 bridgehead atoms. The highest BCUT2D eigenvalue weighted by atomic mass is 35.7. The molecule has 0 aromatic heterocycles. The maximum Gasteiger partial charge on any atom is 0.454 e. The van der Waals surface area contributed by atoms with Crippen molar-refractivity contribution in [3.05, 3.63) is 0 Å². The van der Waals surface area contributed by atoms with Gasteiger partial charge in [0.1, 0.15) is 0 Å². The molecule has 0 amide bonds. The van der Waals surface area contributed by atoms with Crippen LogP contribution in [0, 0.1) is 0 Å². The summed E-state index contributed by atoms with van der Waals surface area (Å²) in [5, 5.41) is 0. The van der Waals surface area contributed by atoms with E-state index in [1.807, 2.05) is 27.7 Å². The molecule has 74 valence electrons. The first-order chi connectivity index (χ1) is 5.33. The zero-order chi connectivity index (χ0) is 9.94. The van der Waals surface area contributed by atoms with Gasteiger partial charge in [-0.05, 0) is 27.7 Å². The topological polar surface area (TPSA) is 32.7 Å². The second-order valence-corrected chi connectivity index (χ2v) is 6.32. The molecule has 0 aliphatic heterocycles. The Morgan fingerprint density at radius 2 is 1.58 bits per heavy atom. The van der Waals surface area contributed by atoms with Gasteiger partial charge in [0.05, 0.1) is 7.11 Å². The average molecular weight is 215 g/mol. The molecule has 0 saturated carbocycles. The number of halogens is 1. The van der Waals surface area contributed by atoms with Crippen LogP contribution in [0.4, 0.5) is 0 Å². The van der Waals surface area contributed by atoms with Crippen molar-refractivity contribution >= 4 is 18.5 Å². The lowest BCUT2D eigenvalue weighted by molar-refractivity contribution is 0.231. The molecular formula is C7H18ClNO2P+. The summed E-state index contributed by atoms with van der Waals surface area (Å²) >= 11 is 5.85. The SMILES string of the molecule is CO[P+](O)(Cl)N(C(C)C)C(C)C. The van der Waals surface area contributed by atoms with Gasteiger partial charge in [0.2, 0.25) is 0 Å². The smallest absolute Gasteiger partial charge is 0.188 e. The number of nitrogens with zero attached hydrogens (tertiary/aromatic N) is 1. The Balaban J connectivity index is 4.50. The van der Waals surface area contributed by atoms with Crippen molar-refractivity contribution in [2.75, 3.05) is 7.11 Å². The van der Waals surface area contributed by atoms with Gasteiger partial charge in [0.15, 0.2) is 11.2 Å². The molecule has 0 saturated heterocycles. The van der Waals surface area contributed by atoms with E-state index in [4.69, 9.17) is 15.8 Å². The molecule has 0 fully saturated rings. The minimum absolute atomic E-state index is 0.181. The zero-order valence-corrected chi connectivity index (χ0v) is 9.93. The van der Waals surface area contributed by atoms with Crippen LogP contribution >= 0.6 is 18.5 Å². The fraction of sp³-hybridized carbons (Fsp3) is 1.00. The largest absolute Gasteiger partial charge is 0.454 e. The van der Waals surface area contributed by atoms with E-state index in [1.165, 1.54) is 7.11 Å². The fourth-order valence-corrected chi connectivity index (χ4v) is 3.64. The lowest BCUT2D eigenvalue weighted by Gasteiger charge is -2.29. The maximum absolute atomic E-state index is 9.70. The summed E-state index contributed by atoms with van der Waals surface area (Å²) in [6.45, 7) is 7.91. The van der Waals surface area contributed by atoms with Gasteiger partial charge in [0.25, 0.3) is 0 Å². The van der Waals surface area contributed by atoms with Crippen molar-refractivity contribution in [2.24, 2.45) is 0 Å². The van der Waals surface area contributed by atoms with E-state index in [9.17, 15) is 4.89 Å². The van der Waals surface area contributed by atoms with Crippen molar-refractivity contribution in [1.29, 1.82) is 0 Å². The Bertz CT molecular complexity index is 133. The highest BCUT2D eigenvalue weighted by Gasteiger charge is 2.47. The monoisotopic (exact) mass is 214 g/mol. The van der Waals surface area contributed by atoms with Crippen molar-refractivity contribution in [3.8, 4) is 0 Å². The molecule has 0 spiro atoms. The van der Waals surface area contributed by atoms with E-state index in [0.29, 0.717) is 0 Å². The molecule has 0 radical (unpaired) electrons. The van der Waals surface area contributed by atoms with Gasteiger partial charge in [-0.1, -0.05) is 0 Å². The molecule has 0 aromatic rings. The predicted molar refractivity (Wildman–Crippen MR) is 54.1 cm³/mol.